The summed E-state index contributed by atoms with van der Waals surface area (Å²) in [6, 6.07) is 11.5. The van der Waals surface area contributed by atoms with E-state index in [1.807, 2.05) is 12.1 Å². The lowest BCUT2D eigenvalue weighted by Crippen LogP contribution is -2.31. The number of rotatable bonds is 5. The fourth-order valence-corrected chi connectivity index (χ4v) is 2.23. The molecule has 0 spiro atoms. The van der Waals surface area contributed by atoms with Crippen molar-refractivity contribution in [3.05, 3.63) is 58.3 Å². The van der Waals surface area contributed by atoms with Crippen molar-refractivity contribution in [3.8, 4) is 5.75 Å². The molecule has 0 aliphatic heterocycles. The van der Waals surface area contributed by atoms with Gasteiger partial charge in [-0.1, -0.05) is 35.3 Å². The average Bonchev–Trinajstić information content (AvgIpc) is 2.49. The van der Waals surface area contributed by atoms with E-state index in [2.05, 4.69) is 10.6 Å². The Hall–Kier alpha value is -1.56. The molecule has 0 aromatic heterocycles. The van der Waals surface area contributed by atoms with Gasteiger partial charge in [0.2, 0.25) is 0 Å². The summed E-state index contributed by atoms with van der Waals surface area (Å²) >= 11 is 16.8. The number of thiocarbonyl (C=S) groups is 1. The molecule has 0 saturated heterocycles. The normalized spacial score (nSPS) is 10.1. The molecule has 22 heavy (non-hydrogen) atoms. The van der Waals surface area contributed by atoms with Gasteiger partial charge in [-0.2, -0.15) is 0 Å². The highest BCUT2D eigenvalue weighted by Gasteiger charge is 2.03. The van der Waals surface area contributed by atoms with Gasteiger partial charge >= 0.3 is 0 Å². The zero-order chi connectivity index (χ0) is 15.9. The summed E-state index contributed by atoms with van der Waals surface area (Å²) in [6.07, 6.45) is 0. The van der Waals surface area contributed by atoms with E-state index in [1.165, 1.54) is 12.1 Å². The smallest absolute Gasteiger partial charge is 0.170 e. The molecule has 0 heterocycles. The van der Waals surface area contributed by atoms with Crippen molar-refractivity contribution in [1.82, 2.24) is 5.32 Å². The molecule has 0 radical (unpaired) electrons. The molecule has 0 bridgehead atoms. The molecule has 0 saturated carbocycles. The van der Waals surface area contributed by atoms with Crippen LogP contribution in [0.15, 0.2) is 42.5 Å². The summed E-state index contributed by atoms with van der Waals surface area (Å²) in [5.41, 5.74) is 0.607. The Kier molecular flexibility index (Phi) is 6.24. The number of anilines is 1. The molecular weight excluding hydrogens is 346 g/mol. The van der Waals surface area contributed by atoms with E-state index >= 15 is 0 Å². The SMILES string of the molecule is Fc1ccc(NC(=S)NCCOc2ccccc2Cl)cc1Cl. The van der Waals surface area contributed by atoms with Crippen molar-refractivity contribution in [2.24, 2.45) is 0 Å². The molecule has 0 aliphatic carbocycles. The lowest BCUT2D eigenvalue weighted by Gasteiger charge is -2.12. The number of hydrogen-bond donors (Lipinski definition) is 2. The summed E-state index contributed by atoms with van der Waals surface area (Å²) in [4.78, 5) is 0. The number of ether oxygens (including phenoxy) is 1. The molecule has 2 aromatic rings. The topological polar surface area (TPSA) is 33.3 Å². The van der Waals surface area contributed by atoms with Gasteiger partial charge in [0.1, 0.15) is 18.2 Å². The number of para-hydroxylation sites is 1. The second-order valence-corrected chi connectivity index (χ2v) is 5.51. The Balaban J connectivity index is 1.74. The lowest BCUT2D eigenvalue weighted by molar-refractivity contribution is 0.323. The van der Waals surface area contributed by atoms with Crippen LogP contribution in [0.1, 0.15) is 0 Å². The van der Waals surface area contributed by atoms with Crippen molar-refractivity contribution in [3.63, 3.8) is 0 Å². The third-order valence-electron chi connectivity index (χ3n) is 2.66. The highest BCUT2D eigenvalue weighted by Crippen LogP contribution is 2.22. The Morgan fingerprint density at radius 1 is 1.14 bits per heavy atom. The van der Waals surface area contributed by atoms with E-state index in [1.54, 1.807) is 18.2 Å². The van der Waals surface area contributed by atoms with Crippen LogP contribution in [0.3, 0.4) is 0 Å². The van der Waals surface area contributed by atoms with Crippen LogP contribution in [-0.2, 0) is 0 Å². The largest absolute Gasteiger partial charge is 0.490 e. The molecule has 0 unspecified atom stereocenters. The lowest BCUT2D eigenvalue weighted by atomic mass is 10.3. The summed E-state index contributed by atoms with van der Waals surface area (Å²) in [7, 11) is 0. The molecule has 2 aromatic carbocycles. The molecule has 0 amide bonds. The van der Waals surface area contributed by atoms with Gasteiger partial charge in [0.05, 0.1) is 16.6 Å². The van der Waals surface area contributed by atoms with Gasteiger partial charge in [-0.15, -0.1) is 0 Å². The van der Waals surface area contributed by atoms with Gasteiger partial charge in [-0.3, -0.25) is 0 Å². The minimum absolute atomic E-state index is 0.0369. The molecule has 2 N–H and O–H groups in total. The molecular formula is C15H13Cl2FN2OS. The van der Waals surface area contributed by atoms with E-state index in [0.717, 1.165) is 0 Å². The maximum Gasteiger partial charge on any atom is 0.170 e. The summed E-state index contributed by atoms with van der Waals surface area (Å²) in [6.45, 7) is 0.891. The van der Waals surface area contributed by atoms with E-state index in [4.69, 9.17) is 40.2 Å². The van der Waals surface area contributed by atoms with Crippen molar-refractivity contribution in [2.75, 3.05) is 18.5 Å². The van der Waals surface area contributed by atoms with Crippen LogP contribution in [0, 0.1) is 5.82 Å². The van der Waals surface area contributed by atoms with Gasteiger partial charge < -0.3 is 15.4 Å². The highest BCUT2D eigenvalue weighted by molar-refractivity contribution is 7.80. The van der Waals surface area contributed by atoms with Crippen LogP contribution in [0.2, 0.25) is 10.0 Å². The quantitative estimate of drug-likeness (QED) is 0.609. The first-order valence-electron chi connectivity index (χ1n) is 6.43. The maximum atomic E-state index is 13.0. The first-order chi connectivity index (χ1) is 10.6. The molecule has 0 aliphatic rings. The number of halogens is 3. The minimum Gasteiger partial charge on any atom is -0.490 e. The van der Waals surface area contributed by atoms with Crippen LogP contribution < -0.4 is 15.4 Å². The average molecular weight is 359 g/mol. The van der Waals surface area contributed by atoms with Gasteiger partial charge in [0.25, 0.3) is 0 Å². The predicted molar refractivity (Wildman–Crippen MR) is 92.6 cm³/mol. The standard InChI is InChI=1S/C15H13Cl2FN2OS/c16-11-3-1-2-4-14(11)21-8-7-19-15(22)20-10-5-6-13(18)12(17)9-10/h1-6,9H,7-8H2,(H2,19,20,22). The Morgan fingerprint density at radius 2 is 1.91 bits per heavy atom. The first kappa shape index (κ1) is 16.8. The molecule has 7 heteroatoms. The molecule has 116 valence electrons. The van der Waals surface area contributed by atoms with E-state index in [9.17, 15) is 4.39 Å². The van der Waals surface area contributed by atoms with E-state index < -0.39 is 5.82 Å². The van der Waals surface area contributed by atoms with Crippen molar-refractivity contribution >= 4 is 46.2 Å². The molecule has 2 rings (SSSR count). The van der Waals surface area contributed by atoms with Crippen molar-refractivity contribution in [2.45, 2.75) is 0 Å². The van der Waals surface area contributed by atoms with Crippen LogP contribution in [0.4, 0.5) is 10.1 Å². The molecule has 0 fully saturated rings. The van der Waals surface area contributed by atoms with E-state index in [-0.39, 0.29) is 5.02 Å². The Bertz CT molecular complexity index is 670. The second kappa shape index (κ2) is 8.17. The zero-order valence-corrected chi connectivity index (χ0v) is 13.7. The van der Waals surface area contributed by atoms with E-state index in [0.29, 0.717) is 34.7 Å². The minimum atomic E-state index is -0.473. The second-order valence-electron chi connectivity index (χ2n) is 4.29. The maximum absolute atomic E-state index is 13.0. The summed E-state index contributed by atoms with van der Waals surface area (Å²) in [5.74, 6) is 0.148. The third kappa shape index (κ3) is 5.02. The number of hydrogen-bond acceptors (Lipinski definition) is 2. The fraction of sp³-hybridized carbons (Fsp3) is 0.133. The Labute approximate surface area is 143 Å². The monoisotopic (exact) mass is 358 g/mol. The van der Waals surface area contributed by atoms with Crippen LogP contribution in [0.25, 0.3) is 0 Å². The van der Waals surface area contributed by atoms with Crippen molar-refractivity contribution in [1.29, 1.82) is 0 Å². The van der Waals surface area contributed by atoms with Gasteiger partial charge in [-0.05, 0) is 42.5 Å². The van der Waals surface area contributed by atoms with Crippen LogP contribution >= 0.6 is 35.4 Å². The van der Waals surface area contributed by atoms with Gasteiger partial charge in [-0.25, -0.2) is 4.39 Å². The van der Waals surface area contributed by atoms with Crippen molar-refractivity contribution < 1.29 is 9.13 Å². The first-order valence-corrected chi connectivity index (χ1v) is 7.60. The van der Waals surface area contributed by atoms with Gasteiger partial charge in [0.15, 0.2) is 5.11 Å². The highest BCUT2D eigenvalue weighted by atomic mass is 35.5. The van der Waals surface area contributed by atoms with Crippen LogP contribution in [-0.4, -0.2) is 18.3 Å². The molecule has 3 nitrogen and oxygen atoms in total. The number of benzene rings is 2. The number of nitrogens with one attached hydrogen (secondary N) is 2. The van der Waals surface area contributed by atoms with Gasteiger partial charge in [0, 0.05) is 5.69 Å². The zero-order valence-electron chi connectivity index (χ0n) is 11.4. The summed E-state index contributed by atoms with van der Waals surface area (Å²) < 4.78 is 18.6. The third-order valence-corrected chi connectivity index (χ3v) is 3.51. The summed E-state index contributed by atoms with van der Waals surface area (Å²) in [5, 5.41) is 6.87. The fourth-order valence-electron chi connectivity index (χ4n) is 1.64. The predicted octanol–water partition coefficient (Wildman–Crippen LogP) is 4.50. The van der Waals surface area contributed by atoms with Crippen LogP contribution in [0.5, 0.6) is 5.75 Å². The molecule has 0 atom stereocenters. The Morgan fingerprint density at radius 3 is 2.64 bits per heavy atom.